The van der Waals surface area contributed by atoms with Crippen LogP contribution in [0.15, 0.2) is 0 Å². The highest BCUT2D eigenvalue weighted by molar-refractivity contribution is 5.04. The van der Waals surface area contributed by atoms with Crippen molar-refractivity contribution >= 4 is 0 Å². The molecule has 13 heavy (non-hydrogen) atoms. The smallest absolute Gasteiger partial charge is 0.0576 e. The summed E-state index contributed by atoms with van der Waals surface area (Å²) in [6, 6.07) is 0. The van der Waals surface area contributed by atoms with Crippen molar-refractivity contribution in [2.45, 2.75) is 52.1 Å². The largest absolute Gasteiger partial charge is 0.393 e. The van der Waals surface area contributed by atoms with Crippen molar-refractivity contribution in [2.75, 3.05) is 0 Å². The lowest BCUT2D eigenvalue weighted by atomic mass is 9.95. The lowest BCUT2D eigenvalue weighted by Gasteiger charge is -2.16. The molecule has 0 aromatic heterocycles. The van der Waals surface area contributed by atoms with E-state index in [1.807, 2.05) is 0 Å². The SMILES string of the molecule is CCC(C)CC(O)C1C2CCCC21. The molecule has 0 saturated heterocycles. The number of aliphatic hydroxyl groups is 1. The Kier molecular flexibility index (Phi) is 2.64. The Labute approximate surface area is 81.5 Å². The van der Waals surface area contributed by atoms with Gasteiger partial charge >= 0.3 is 0 Å². The van der Waals surface area contributed by atoms with E-state index in [9.17, 15) is 5.11 Å². The maximum absolute atomic E-state index is 10.00. The summed E-state index contributed by atoms with van der Waals surface area (Å²) in [6.07, 6.45) is 6.47. The third-order valence-electron chi connectivity index (χ3n) is 4.26. The van der Waals surface area contributed by atoms with Crippen LogP contribution in [0, 0.1) is 23.7 Å². The van der Waals surface area contributed by atoms with Crippen molar-refractivity contribution in [1.29, 1.82) is 0 Å². The highest BCUT2D eigenvalue weighted by Gasteiger charge is 2.55. The fourth-order valence-corrected chi connectivity index (χ4v) is 3.18. The topological polar surface area (TPSA) is 20.2 Å². The molecule has 0 aromatic rings. The first-order valence-electron chi connectivity index (χ1n) is 5.92. The summed E-state index contributed by atoms with van der Waals surface area (Å²) in [5.41, 5.74) is 0. The molecule has 0 bridgehead atoms. The molecule has 0 aliphatic heterocycles. The van der Waals surface area contributed by atoms with Gasteiger partial charge in [-0.05, 0) is 42.9 Å². The molecule has 2 rings (SSSR count). The lowest BCUT2D eigenvalue weighted by Crippen LogP contribution is -2.16. The maximum Gasteiger partial charge on any atom is 0.0576 e. The van der Waals surface area contributed by atoms with Crippen molar-refractivity contribution in [3.8, 4) is 0 Å². The third kappa shape index (κ3) is 1.76. The summed E-state index contributed by atoms with van der Waals surface area (Å²) in [4.78, 5) is 0. The number of fused-ring (bicyclic) bond motifs is 1. The van der Waals surface area contributed by atoms with Crippen molar-refractivity contribution in [3.05, 3.63) is 0 Å². The van der Waals surface area contributed by atoms with Crippen LogP contribution in [0.5, 0.6) is 0 Å². The van der Waals surface area contributed by atoms with Crippen molar-refractivity contribution < 1.29 is 5.11 Å². The first kappa shape index (κ1) is 9.51. The molecule has 76 valence electrons. The van der Waals surface area contributed by atoms with Crippen molar-refractivity contribution in [3.63, 3.8) is 0 Å². The predicted molar refractivity (Wildman–Crippen MR) is 54.4 cm³/mol. The van der Waals surface area contributed by atoms with E-state index < -0.39 is 0 Å². The molecule has 1 N–H and O–H groups in total. The van der Waals surface area contributed by atoms with Crippen LogP contribution in [0.4, 0.5) is 0 Å². The maximum atomic E-state index is 10.00. The van der Waals surface area contributed by atoms with Gasteiger partial charge in [0.15, 0.2) is 0 Å². The van der Waals surface area contributed by atoms with Gasteiger partial charge < -0.3 is 5.11 Å². The van der Waals surface area contributed by atoms with Crippen LogP contribution >= 0.6 is 0 Å². The van der Waals surface area contributed by atoms with Crippen LogP contribution in [0.1, 0.15) is 46.0 Å². The first-order valence-corrected chi connectivity index (χ1v) is 5.92. The van der Waals surface area contributed by atoms with Crippen LogP contribution in [0.3, 0.4) is 0 Å². The third-order valence-corrected chi connectivity index (χ3v) is 4.26. The molecule has 0 amide bonds. The van der Waals surface area contributed by atoms with Gasteiger partial charge in [-0.1, -0.05) is 26.7 Å². The summed E-state index contributed by atoms with van der Waals surface area (Å²) in [7, 11) is 0. The van der Waals surface area contributed by atoms with Crippen molar-refractivity contribution in [2.24, 2.45) is 23.7 Å². The van der Waals surface area contributed by atoms with E-state index in [-0.39, 0.29) is 6.10 Å². The molecule has 0 radical (unpaired) electrons. The van der Waals surface area contributed by atoms with Gasteiger partial charge in [0.25, 0.3) is 0 Å². The molecule has 2 fully saturated rings. The quantitative estimate of drug-likeness (QED) is 0.709. The molecule has 4 atom stereocenters. The average Bonchev–Trinajstić information content (AvgIpc) is 2.61. The molecule has 1 nitrogen and oxygen atoms in total. The van der Waals surface area contributed by atoms with E-state index in [1.54, 1.807) is 0 Å². The molecule has 2 aliphatic rings. The standard InChI is InChI=1S/C12H22O/c1-3-8(2)7-11(13)12-9-5-4-6-10(9)12/h8-13H,3-7H2,1-2H3. The number of rotatable bonds is 4. The molecular weight excluding hydrogens is 160 g/mol. The number of aliphatic hydroxyl groups excluding tert-OH is 1. The van der Waals surface area contributed by atoms with E-state index >= 15 is 0 Å². The predicted octanol–water partition coefficient (Wildman–Crippen LogP) is 2.83. The normalized spacial score (nSPS) is 41.3. The minimum absolute atomic E-state index is 0.0187. The Morgan fingerprint density at radius 2 is 1.92 bits per heavy atom. The Hall–Kier alpha value is -0.0400. The molecule has 1 heteroatoms. The summed E-state index contributed by atoms with van der Waals surface area (Å²) in [6.45, 7) is 4.46. The second-order valence-electron chi connectivity index (χ2n) is 5.15. The van der Waals surface area contributed by atoms with E-state index in [1.165, 1.54) is 25.7 Å². The average molecular weight is 182 g/mol. The zero-order chi connectivity index (χ0) is 9.42. The molecule has 0 aromatic carbocycles. The van der Waals surface area contributed by atoms with Gasteiger partial charge in [-0.2, -0.15) is 0 Å². The zero-order valence-corrected chi connectivity index (χ0v) is 8.87. The van der Waals surface area contributed by atoms with Gasteiger partial charge in [0.05, 0.1) is 6.10 Å². The monoisotopic (exact) mass is 182 g/mol. The van der Waals surface area contributed by atoms with Crippen LogP contribution in [0.25, 0.3) is 0 Å². The minimum atomic E-state index is 0.0187. The summed E-state index contributed by atoms with van der Waals surface area (Å²) >= 11 is 0. The summed E-state index contributed by atoms with van der Waals surface area (Å²) in [5, 5.41) is 10.00. The van der Waals surface area contributed by atoms with Crippen LogP contribution in [0.2, 0.25) is 0 Å². The van der Waals surface area contributed by atoms with Crippen LogP contribution in [-0.4, -0.2) is 11.2 Å². The molecular formula is C12H22O. The fourth-order valence-electron chi connectivity index (χ4n) is 3.18. The lowest BCUT2D eigenvalue weighted by molar-refractivity contribution is 0.109. The van der Waals surface area contributed by atoms with Gasteiger partial charge in [-0.15, -0.1) is 0 Å². The van der Waals surface area contributed by atoms with Crippen LogP contribution < -0.4 is 0 Å². The van der Waals surface area contributed by atoms with E-state index in [2.05, 4.69) is 13.8 Å². The highest BCUT2D eigenvalue weighted by Crippen LogP contribution is 2.59. The second kappa shape index (κ2) is 3.61. The zero-order valence-electron chi connectivity index (χ0n) is 8.87. The second-order valence-corrected chi connectivity index (χ2v) is 5.15. The van der Waals surface area contributed by atoms with E-state index in [0.717, 1.165) is 18.3 Å². The molecule has 4 unspecified atom stereocenters. The van der Waals surface area contributed by atoms with Gasteiger partial charge in [0.1, 0.15) is 0 Å². The minimum Gasteiger partial charge on any atom is -0.393 e. The Bertz CT molecular complexity index is 168. The van der Waals surface area contributed by atoms with E-state index in [4.69, 9.17) is 0 Å². The van der Waals surface area contributed by atoms with E-state index in [0.29, 0.717) is 11.8 Å². The Morgan fingerprint density at radius 1 is 1.31 bits per heavy atom. The number of hydrogen-bond donors (Lipinski definition) is 1. The molecule has 2 aliphatic carbocycles. The highest BCUT2D eigenvalue weighted by atomic mass is 16.3. The fraction of sp³-hybridized carbons (Fsp3) is 1.00. The first-order chi connectivity index (χ1) is 6.24. The molecule has 0 heterocycles. The van der Waals surface area contributed by atoms with Gasteiger partial charge in [-0.3, -0.25) is 0 Å². The number of hydrogen-bond acceptors (Lipinski definition) is 1. The summed E-state index contributed by atoms with van der Waals surface area (Å²) in [5.74, 6) is 3.23. The van der Waals surface area contributed by atoms with Crippen molar-refractivity contribution in [1.82, 2.24) is 0 Å². The Balaban J connectivity index is 1.76. The molecule has 2 saturated carbocycles. The molecule has 0 spiro atoms. The summed E-state index contributed by atoms with van der Waals surface area (Å²) < 4.78 is 0. The van der Waals surface area contributed by atoms with Gasteiger partial charge in [0, 0.05) is 0 Å². The van der Waals surface area contributed by atoms with Crippen LogP contribution in [-0.2, 0) is 0 Å². The van der Waals surface area contributed by atoms with Gasteiger partial charge in [0.2, 0.25) is 0 Å². The Morgan fingerprint density at radius 3 is 2.46 bits per heavy atom. The van der Waals surface area contributed by atoms with Gasteiger partial charge in [-0.25, -0.2) is 0 Å².